The molecule has 0 aliphatic carbocycles. The van der Waals surface area contributed by atoms with Crippen molar-refractivity contribution < 1.29 is 9.53 Å². The minimum atomic E-state index is 0.00334. The van der Waals surface area contributed by atoms with Crippen LogP contribution in [-0.4, -0.2) is 25.7 Å². The highest BCUT2D eigenvalue weighted by atomic mass is 16.5. The van der Waals surface area contributed by atoms with Crippen molar-refractivity contribution in [2.24, 2.45) is 5.92 Å². The van der Waals surface area contributed by atoms with Gasteiger partial charge in [-0.05, 0) is 23.8 Å². The Labute approximate surface area is 143 Å². The summed E-state index contributed by atoms with van der Waals surface area (Å²) in [5, 5.41) is 3.64. The highest BCUT2D eigenvalue weighted by Gasteiger charge is 2.40. The maximum atomic E-state index is 12.3. The van der Waals surface area contributed by atoms with Crippen LogP contribution in [0.15, 0.2) is 54.6 Å². The van der Waals surface area contributed by atoms with Gasteiger partial charge in [-0.3, -0.25) is 4.79 Å². The summed E-state index contributed by atoms with van der Waals surface area (Å²) in [5.74, 6) is 0.262. The smallest absolute Gasteiger partial charge is 0.224 e. The van der Waals surface area contributed by atoms with Crippen LogP contribution in [-0.2, 0) is 9.53 Å². The summed E-state index contributed by atoms with van der Waals surface area (Å²) in [4.78, 5) is 14.2. The molecular weight excluding hydrogens is 300 g/mol. The molecule has 2 unspecified atom stereocenters. The molecule has 126 valence electrons. The summed E-state index contributed by atoms with van der Waals surface area (Å²) in [6.45, 7) is 4.31. The molecule has 4 nitrogen and oxygen atoms in total. The SMILES string of the molecule is COCC1[C@H](C)C(Nc2ccccc2)c2ccccc2N1C(C)=O. The topological polar surface area (TPSA) is 41.6 Å². The number of benzene rings is 2. The number of nitrogens with one attached hydrogen (secondary N) is 1. The average Bonchev–Trinajstić information content (AvgIpc) is 2.59. The maximum Gasteiger partial charge on any atom is 0.224 e. The number of methoxy groups -OCH3 is 1. The van der Waals surface area contributed by atoms with E-state index in [2.05, 4.69) is 30.4 Å². The molecule has 0 spiro atoms. The summed E-state index contributed by atoms with van der Waals surface area (Å²) >= 11 is 0. The number of anilines is 2. The molecule has 0 saturated carbocycles. The van der Waals surface area contributed by atoms with Gasteiger partial charge in [0.15, 0.2) is 0 Å². The Bertz CT molecular complexity index is 702. The first-order chi connectivity index (χ1) is 11.6. The Morgan fingerprint density at radius 1 is 1.12 bits per heavy atom. The summed E-state index contributed by atoms with van der Waals surface area (Å²) in [7, 11) is 1.69. The van der Waals surface area contributed by atoms with Crippen LogP contribution >= 0.6 is 0 Å². The first kappa shape index (κ1) is 16.5. The third kappa shape index (κ3) is 3.02. The van der Waals surface area contributed by atoms with Crippen molar-refractivity contribution in [3.05, 3.63) is 60.2 Å². The third-order valence-electron chi connectivity index (χ3n) is 4.77. The van der Waals surface area contributed by atoms with Crippen LogP contribution in [0.25, 0.3) is 0 Å². The lowest BCUT2D eigenvalue weighted by Gasteiger charge is -2.45. The monoisotopic (exact) mass is 324 g/mol. The lowest BCUT2D eigenvalue weighted by atomic mass is 9.82. The molecule has 24 heavy (non-hydrogen) atoms. The molecule has 1 amide bonds. The molecular formula is C20H24N2O2. The maximum absolute atomic E-state index is 12.3. The Morgan fingerprint density at radius 3 is 2.46 bits per heavy atom. The molecule has 0 bridgehead atoms. The zero-order chi connectivity index (χ0) is 17.1. The zero-order valence-corrected chi connectivity index (χ0v) is 14.4. The van der Waals surface area contributed by atoms with E-state index in [9.17, 15) is 4.79 Å². The van der Waals surface area contributed by atoms with Crippen molar-refractivity contribution in [3.8, 4) is 0 Å². The van der Waals surface area contributed by atoms with E-state index >= 15 is 0 Å². The van der Waals surface area contributed by atoms with E-state index in [0.717, 1.165) is 16.9 Å². The third-order valence-corrected chi connectivity index (χ3v) is 4.77. The number of amides is 1. The van der Waals surface area contributed by atoms with E-state index in [1.807, 2.05) is 41.3 Å². The van der Waals surface area contributed by atoms with E-state index in [-0.39, 0.29) is 23.9 Å². The van der Waals surface area contributed by atoms with E-state index in [4.69, 9.17) is 4.74 Å². The summed E-state index contributed by atoms with van der Waals surface area (Å²) in [5.41, 5.74) is 3.20. The Kier molecular flexibility index (Phi) is 4.86. The number of carbonyl (C=O) groups excluding carboxylic acids is 1. The summed E-state index contributed by atoms with van der Waals surface area (Å²) in [6, 6.07) is 18.4. The second-order valence-corrected chi connectivity index (χ2v) is 6.32. The lowest BCUT2D eigenvalue weighted by molar-refractivity contribution is -0.117. The second-order valence-electron chi connectivity index (χ2n) is 6.32. The molecule has 1 N–H and O–H groups in total. The van der Waals surface area contributed by atoms with E-state index in [0.29, 0.717) is 6.61 Å². The van der Waals surface area contributed by atoms with Gasteiger partial charge in [0.25, 0.3) is 0 Å². The molecule has 3 rings (SSSR count). The van der Waals surface area contributed by atoms with E-state index in [1.54, 1.807) is 14.0 Å². The van der Waals surface area contributed by atoms with Crippen LogP contribution in [0.5, 0.6) is 0 Å². The Morgan fingerprint density at radius 2 is 1.79 bits per heavy atom. The van der Waals surface area contributed by atoms with Crippen LogP contribution in [0.2, 0.25) is 0 Å². The number of hydrogen-bond acceptors (Lipinski definition) is 3. The lowest BCUT2D eigenvalue weighted by Crippen LogP contribution is -2.52. The number of rotatable bonds is 4. The number of hydrogen-bond donors (Lipinski definition) is 1. The Balaban J connectivity index is 2.04. The van der Waals surface area contributed by atoms with Gasteiger partial charge >= 0.3 is 0 Å². The van der Waals surface area contributed by atoms with E-state index < -0.39 is 0 Å². The highest BCUT2D eigenvalue weighted by molar-refractivity contribution is 5.94. The van der Waals surface area contributed by atoms with Crippen molar-refractivity contribution in [2.75, 3.05) is 23.9 Å². The number of para-hydroxylation sites is 2. The molecule has 0 radical (unpaired) electrons. The van der Waals surface area contributed by atoms with Gasteiger partial charge in [0.2, 0.25) is 5.91 Å². The standard InChI is InChI=1S/C20H24N2O2/c1-14-19(13-24-3)22(15(2)23)18-12-8-7-11-17(18)20(14)21-16-9-5-4-6-10-16/h4-12,14,19-21H,13H2,1-3H3/t14-,19?,20?/m0/s1. The first-order valence-electron chi connectivity index (χ1n) is 8.32. The van der Waals surface area contributed by atoms with Crippen molar-refractivity contribution in [1.82, 2.24) is 0 Å². The molecule has 2 aromatic carbocycles. The minimum Gasteiger partial charge on any atom is -0.383 e. The van der Waals surface area contributed by atoms with Crippen molar-refractivity contribution in [1.29, 1.82) is 0 Å². The largest absolute Gasteiger partial charge is 0.383 e. The van der Waals surface area contributed by atoms with Crippen molar-refractivity contribution >= 4 is 17.3 Å². The number of ether oxygens (including phenoxy) is 1. The normalized spacial score (nSPS) is 22.8. The molecule has 0 saturated heterocycles. The molecule has 0 aromatic heterocycles. The van der Waals surface area contributed by atoms with Gasteiger partial charge < -0.3 is 15.0 Å². The van der Waals surface area contributed by atoms with Gasteiger partial charge in [-0.15, -0.1) is 0 Å². The van der Waals surface area contributed by atoms with Gasteiger partial charge in [-0.2, -0.15) is 0 Å². The number of fused-ring (bicyclic) bond motifs is 1. The van der Waals surface area contributed by atoms with Crippen LogP contribution in [0.3, 0.4) is 0 Å². The fourth-order valence-electron chi connectivity index (χ4n) is 3.61. The van der Waals surface area contributed by atoms with Crippen molar-refractivity contribution in [3.63, 3.8) is 0 Å². The predicted octanol–water partition coefficient (Wildman–Crippen LogP) is 3.86. The molecule has 1 aliphatic heterocycles. The molecule has 4 heteroatoms. The summed E-state index contributed by atoms with van der Waals surface area (Å²) < 4.78 is 5.42. The van der Waals surface area contributed by atoms with Gasteiger partial charge in [0.1, 0.15) is 0 Å². The van der Waals surface area contributed by atoms with Crippen LogP contribution in [0, 0.1) is 5.92 Å². The highest BCUT2D eigenvalue weighted by Crippen LogP contribution is 2.42. The van der Waals surface area contributed by atoms with E-state index in [1.165, 1.54) is 0 Å². The summed E-state index contributed by atoms with van der Waals surface area (Å²) in [6.07, 6.45) is 0. The van der Waals surface area contributed by atoms with Crippen molar-refractivity contribution in [2.45, 2.75) is 25.9 Å². The fraction of sp³-hybridized carbons (Fsp3) is 0.350. The van der Waals surface area contributed by atoms with Gasteiger partial charge in [-0.25, -0.2) is 0 Å². The zero-order valence-electron chi connectivity index (χ0n) is 14.4. The van der Waals surface area contributed by atoms with Gasteiger partial charge in [-0.1, -0.05) is 43.3 Å². The van der Waals surface area contributed by atoms with Gasteiger partial charge in [0.05, 0.1) is 18.7 Å². The van der Waals surface area contributed by atoms with Crippen LogP contribution < -0.4 is 10.2 Å². The first-order valence-corrected chi connectivity index (χ1v) is 8.32. The van der Waals surface area contributed by atoms with Crippen LogP contribution in [0.1, 0.15) is 25.5 Å². The minimum absolute atomic E-state index is 0.00334. The molecule has 1 heterocycles. The quantitative estimate of drug-likeness (QED) is 0.928. The predicted molar refractivity (Wildman–Crippen MR) is 97.2 cm³/mol. The molecule has 0 fully saturated rings. The van der Waals surface area contributed by atoms with Crippen LogP contribution in [0.4, 0.5) is 11.4 Å². The molecule has 1 aliphatic rings. The Hall–Kier alpha value is -2.33. The number of carbonyl (C=O) groups is 1. The number of nitrogens with zero attached hydrogens (tertiary/aromatic N) is 1. The van der Waals surface area contributed by atoms with Gasteiger partial charge in [0, 0.05) is 31.3 Å². The second kappa shape index (κ2) is 7.05. The molecule has 3 atom stereocenters. The molecule has 2 aromatic rings. The fourth-order valence-corrected chi connectivity index (χ4v) is 3.61. The average molecular weight is 324 g/mol.